The highest BCUT2D eigenvalue weighted by Gasteiger charge is 2.16. The SMILES string of the molecule is CC(c1ccc(S(C)=O)cc1)N(C)C(=O)CCCN.Cl. The fourth-order valence-corrected chi connectivity index (χ4v) is 2.33. The quantitative estimate of drug-likeness (QED) is 0.873. The van der Waals surface area contributed by atoms with Gasteiger partial charge in [0.05, 0.1) is 6.04 Å². The second-order valence-electron chi connectivity index (χ2n) is 4.60. The number of nitrogens with two attached hydrogens (primary N) is 1. The summed E-state index contributed by atoms with van der Waals surface area (Å²) in [5.41, 5.74) is 6.45. The lowest BCUT2D eigenvalue weighted by molar-refractivity contribution is -0.131. The minimum Gasteiger partial charge on any atom is -0.339 e. The zero-order valence-corrected chi connectivity index (χ0v) is 13.8. The van der Waals surface area contributed by atoms with Crippen LogP contribution in [0.15, 0.2) is 29.2 Å². The average Bonchev–Trinajstić information content (AvgIpc) is 2.43. The molecule has 2 atom stereocenters. The van der Waals surface area contributed by atoms with Crippen molar-refractivity contribution in [1.82, 2.24) is 4.90 Å². The fraction of sp³-hybridized carbons (Fsp3) is 0.500. The van der Waals surface area contributed by atoms with Crippen molar-refractivity contribution in [3.05, 3.63) is 29.8 Å². The molecule has 0 aliphatic heterocycles. The fourth-order valence-electron chi connectivity index (χ4n) is 1.81. The highest BCUT2D eigenvalue weighted by molar-refractivity contribution is 7.84. The minimum absolute atomic E-state index is 0. The smallest absolute Gasteiger partial charge is 0.222 e. The molecule has 0 spiro atoms. The van der Waals surface area contributed by atoms with Crippen molar-refractivity contribution in [2.45, 2.75) is 30.7 Å². The summed E-state index contributed by atoms with van der Waals surface area (Å²) in [7, 11) is 0.832. The van der Waals surface area contributed by atoms with Gasteiger partial charge in [0.1, 0.15) is 0 Å². The third-order valence-electron chi connectivity index (χ3n) is 3.26. The number of benzene rings is 1. The Morgan fingerprint density at radius 1 is 1.35 bits per heavy atom. The molecule has 1 aromatic carbocycles. The summed E-state index contributed by atoms with van der Waals surface area (Å²) in [4.78, 5) is 14.4. The summed E-state index contributed by atoms with van der Waals surface area (Å²) in [6.45, 7) is 2.52. The number of hydrogen-bond donors (Lipinski definition) is 1. The molecule has 20 heavy (non-hydrogen) atoms. The van der Waals surface area contributed by atoms with Crippen LogP contribution in [0.25, 0.3) is 0 Å². The third-order valence-corrected chi connectivity index (χ3v) is 4.20. The number of nitrogens with zero attached hydrogens (tertiary/aromatic N) is 1. The minimum atomic E-state index is -0.969. The Balaban J connectivity index is 0.00000361. The summed E-state index contributed by atoms with van der Waals surface area (Å²) in [6.07, 6.45) is 2.85. The van der Waals surface area contributed by atoms with Crippen LogP contribution in [0, 0.1) is 0 Å². The van der Waals surface area contributed by atoms with Crippen LogP contribution in [-0.4, -0.2) is 34.9 Å². The Bertz CT molecular complexity index is 451. The summed E-state index contributed by atoms with van der Waals surface area (Å²) < 4.78 is 11.3. The first kappa shape index (κ1) is 19.1. The lowest BCUT2D eigenvalue weighted by Gasteiger charge is -2.25. The number of carbonyl (C=O) groups excluding carboxylic acids is 1. The molecule has 1 aromatic rings. The Morgan fingerprint density at radius 3 is 2.35 bits per heavy atom. The molecule has 0 aromatic heterocycles. The third kappa shape index (κ3) is 5.23. The number of hydrogen-bond acceptors (Lipinski definition) is 3. The van der Waals surface area contributed by atoms with Gasteiger partial charge in [-0.2, -0.15) is 0 Å². The summed E-state index contributed by atoms with van der Waals surface area (Å²) in [6, 6.07) is 7.55. The van der Waals surface area contributed by atoms with E-state index in [4.69, 9.17) is 5.73 Å². The molecule has 0 fully saturated rings. The van der Waals surface area contributed by atoms with Crippen molar-refractivity contribution in [3.8, 4) is 0 Å². The van der Waals surface area contributed by atoms with E-state index in [-0.39, 0.29) is 24.4 Å². The number of amides is 1. The van der Waals surface area contributed by atoms with E-state index >= 15 is 0 Å². The molecule has 0 saturated carbocycles. The molecule has 0 bridgehead atoms. The molecule has 1 amide bonds. The monoisotopic (exact) mass is 318 g/mol. The molecule has 0 saturated heterocycles. The van der Waals surface area contributed by atoms with Gasteiger partial charge in [-0.25, -0.2) is 0 Å². The highest BCUT2D eigenvalue weighted by Crippen LogP contribution is 2.20. The maximum absolute atomic E-state index is 11.9. The Hall–Kier alpha value is -0.910. The van der Waals surface area contributed by atoms with Crippen LogP contribution in [0.5, 0.6) is 0 Å². The zero-order valence-electron chi connectivity index (χ0n) is 12.2. The molecule has 2 N–H and O–H groups in total. The summed E-state index contributed by atoms with van der Waals surface area (Å²) in [5.74, 6) is 0.0982. The largest absolute Gasteiger partial charge is 0.339 e. The maximum Gasteiger partial charge on any atom is 0.222 e. The Morgan fingerprint density at radius 2 is 1.90 bits per heavy atom. The first-order valence-electron chi connectivity index (χ1n) is 6.36. The van der Waals surface area contributed by atoms with Crippen LogP contribution in [0.4, 0.5) is 0 Å². The van der Waals surface area contributed by atoms with Crippen LogP contribution < -0.4 is 5.73 Å². The van der Waals surface area contributed by atoms with E-state index < -0.39 is 10.8 Å². The van der Waals surface area contributed by atoms with Crippen LogP contribution in [-0.2, 0) is 15.6 Å². The molecular weight excluding hydrogens is 296 g/mol. The van der Waals surface area contributed by atoms with Gasteiger partial charge < -0.3 is 10.6 Å². The second-order valence-corrected chi connectivity index (χ2v) is 5.98. The lowest BCUT2D eigenvalue weighted by atomic mass is 10.1. The average molecular weight is 319 g/mol. The molecule has 0 aliphatic carbocycles. The Labute approximate surface area is 129 Å². The van der Waals surface area contributed by atoms with Crippen molar-refractivity contribution in [2.24, 2.45) is 5.73 Å². The van der Waals surface area contributed by atoms with E-state index in [0.717, 1.165) is 10.5 Å². The van der Waals surface area contributed by atoms with Gasteiger partial charge in [0, 0.05) is 35.4 Å². The van der Waals surface area contributed by atoms with Crippen LogP contribution >= 0.6 is 12.4 Å². The van der Waals surface area contributed by atoms with E-state index in [1.54, 1.807) is 18.2 Å². The molecule has 1 rings (SSSR count). The number of carbonyl (C=O) groups is 1. The van der Waals surface area contributed by atoms with Gasteiger partial charge in [0.25, 0.3) is 0 Å². The van der Waals surface area contributed by atoms with Crippen molar-refractivity contribution in [1.29, 1.82) is 0 Å². The molecule has 114 valence electrons. The van der Waals surface area contributed by atoms with Crippen LogP contribution in [0.2, 0.25) is 0 Å². The van der Waals surface area contributed by atoms with Gasteiger partial charge in [0.15, 0.2) is 0 Å². The summed E-state index contributed by atoms with van der Waals surface area (Å²) >= 11 is 0. The van der Waals surface area contributed by atoms with E-state index in [1.807, 2.05) is 31.2 Å². The predicted octanol–water partition coefficient (Wildman–Crippen LogP) is 2.10. The first-order chi connectivity index (χ1) is 8.97. The van der Waals surface area contributed by atoms with E-state index in [0.29, 0.717) is 19.4 Å². The Kier molecular flexibility index (Phi) is 8.69. The van der Waals surface area contributed by atoms with Crippen molar-refractivity contribution < 1.29 is 9.00 Å². The zero-order chi connectivity index (χ0) is 14.4. The molecular formula is C14H23ClN2O2S. The summed E-state index contributed by atoms with van der Waals surface area (Å²) in [5, 5.41) is 0. The van der Waals surface area contributed by atoms with Gasteiger partial charge >= 0.3 is 0 Å². The van der Waals surface area contributed by atoms with Gasteiger partial charge in [-0.3, -0.25) is 9.00 Å². The molecule has 4 nitrogen and oxygen atoms in total. The molecule has 2 unspecified atom stereocenters. The number of halogens is 1. The first-order valence-corrected chi connectivity index (χ1v) is 7.92. The highest BCUT2D eigenvalue weighted by atomic mass is 35.5. The lowest BCUT2D eigenvalue weighted by Crippen LogP contribution is -2.29. The van der Waals surface area contributed by atoms with E-state index in [2.05, 4.69) is 0 Å². The van der Waals surface area contributed by atoms with Crippen molar-refractivity contribution in [2.75, 3.05) is 19.8 Å². The molecule has 0 radical (unpaired) electrons. The maximum atomic E-state index is 11.9. The van der Waals surface area contributed by atoms with Crippen LogP contribution in [0.3, 0.4) is 0 Å². The van der Waals surface area contributed by atoms with Gasteiger partial charge in [0.2, 0.25) is 5.91 Å². The van der Waals surface area contributed by atoms with Crippen molar-refractivity contribution >= 4 is 29.1 Å². The van der Waals surface area contributed by atoms with E-state index in [9.17, 15) is 9.00 Å². The second kappa shape index (κ2) is 9.10. The van der Waals surface area contributed by atoms with Gasteiger partial charge in [-0.15, -0.1) is 12.4 Å². The van der Waals surface area contributed by atoms with Gasteiger partial charge in [-0.05, 0) is 37.6 Å². The molecule has 0 heterocycles. The van der Waals surface area contributed by atoms with Crippen molar-refractivity contribution in [3.63, 3.8) is 0 Å². The molecule has 6 heteroatoms. The predicted molar refractivity (Wildman–Crippen MR) is 85.5 cm³/mol. The topological polar surface area (TPSA) is 63.4 Å². The molecule has 0 aliphatic rings. The number of rotatable bonds is 6. The normalized spacial score (nSPS) is 13.2. The van der Waals surface area contributed by atoms with Crippen LogP contribution in [0.1, 0.15) is 31.4 Å². The van der Waals surface area contributed by atoms with Gasteiger partial charge in [-0.1, -0.05) is 12.1 Å². The van der Waals surface area contributed by atoms with E-state index in [1.165, 1.54) is 0 Å². The standard InChI is InChI=1S/C14H22N2O2S.ClH/c1-11(16(2)14(17)5-4-10-15)12-6-8-13(9-7-12)19(3)18;/h6-9,11H,4-5,10,15H2,1-3H3;1H.